The van der Waals surface area contributed by atoms with Crippen LogP contribution in [0.25, 0.3) is 0 Å². The number of rotatable bonds is 5. The Morgan fingerprint density at radius 3 is 2.78 bits per heavy atom. The van der Waals surface area contributed by atoms with Crippen molar-refractivity contribution in [2.45, 2.75) is 19.4 Å². The average Bonchev–Trinajstić information content (AvgIpc) is 2.90. The molecule has 1 aliphatic heterocycles. The topological polar surface area (TPSA) is 70.6 Å². The molecule has 0 bridgehead atoms. The molecule has 5 nitrogen and oxygen atoms in total. The standard InChI is InChI=1S/C17H23N3O2S/c1-3-10-18-17(19-12-15-9-11-23(21,22)13-15)20-14(2)16-7-5-4-6-8-16/h1,4-8,14-15H,9-13H2,2H3,(H2,18,19,20). The maximum Gasteiger partial charge on any atom is 0.192 e. The first-order valence-electron chi connectivity index (χ1n) is 7.74. The summed E-state index contributed by atoms with van der Waals surface area (Å²) in [5, 5.41) is 6.37. The van der Waals surface area contributed by atoms with E-state index in [2.05, 4.69) is 21.5 Å². The number of sulfone groups is 1. The summed E-state index contributed by atoms with van der Waals surface area (Å²) in [6.07, 6.45) is 5.98. The zero-order valence-corrected chi connectivity index (χ0v) is 14.1. The van der Waals surface area contributed by atoms with Gasteiger partial charge in [0.25, 0.3) is 0 Å². The Morgan fingerprint density at radius 2 is 2.17 bits per heavy atom. The lowest BCUT2D eigenvalue weighted by Crippen LogP contribution is -2.39. The molecule has 2 unspecified atom stereocenters. The van der Waals surface area contributed by atoms with Crippen LogP contribution in [0.2, 0.25) is 0 Å². The second kappa shape index (κ2) is 8.02. The van der Waals surface area contributed by atoms with Gasteiger partial charge in [0, 0.05) is 6.54 Å². The molecule has 23 heavy (non-hydrogen) atoms. The smallest absolute Gasteiger partial charge is 0.192 e. The van der Waals surface area contributed by atoms with E-state index in [4.69, 9.17) is 6.42 Å². The van der Waals surface area contributed by atoms with Gasteiger partial charge in [-0.05, 0) is 24.8 Å². The summed E-state index contributed by atoms with van der Waals surface area (Å²) in [7, 11) is -2.87. The second-order valence-electron chi connectivity index (χ2n) is 5.79. The highest BCUT2D eigenvalue weighted by Crippen LogP contribution is 2.18. The van der Waals surface area contributed by atoms with Crippen molar-refractivity contribution < 1.29 is 8.42 Å². The first-order chi connectivity index (χ1) is 11.0. The maximum absolute atomic E-state index is 11.5. The van der Waals surface area contributed by atoms with E-state index in [-0.39, 0.29) is 23.5 Å². The number of nitrogens with one attached hydrogen (secondary N) is 2. The third kappa shape index (κ3) is 5.61. The molecule has 2 N–H and O–H groups in total. The lowest BCUT2D eigenvalue weighted by Gasteiger charge is -2.18. The van der Waals surface area contributed by atoms with Crippen molar-refractivity contribution in [2.75, 3.05) is 24.6 Å². The van der Waals surface area contributed by atoms with E-state index < -0.39 is 9.84 Å². The monoisotopic (exact) mass is 333 g/mol. The Hall–Kier alpha value is -2.00. The van der Waals surface area contributed by atoms with Crippen LogP contribution >= 0.6 is 0 Å². The molecule has 1 heterocycles. The third-order valence-corrected chi connectivity index (χ3v) is 5.68. The molecule has 1 saturated heterocycles. The van der Waals surface area contributed by atoms with Gasteiger partial charge < -0.3 is 10.6 Å². The predicted molar refractivity (Wildman–Crippen MR) is 93.9 cm³/mol. The summed E-state index contributed by atoms with van der Waals surface area (Å²) in [6.45, 7) is 2.90. The van der Waals surface area contributed by atoms with Gasteiger partial charge in [0.05, 0.1) is 24.1 Å². The molecule has 1 fully saturated rings. The molecule has 1 aromatic rings. The number of hydrogen-bond acceptors (Lipinski definition) is 3. The van der Waals surface area contributed by atoms with Crippen molar-refractivity contribution in [1.82, 2.24) is 10.6 Å². The first-order valence-corrected chi connectivity index (χ1v) is 9.56. The van der Waals surface area contributed by atoms with Gasteiger partial charge in [-0.3, -0.25) is 4.99 Å². The van der Waals surface area contributed by atoms with Gasteiger partial charge in [0.15, 0.2) is 15.8 Å². The van der Waals surface area contributed by atoms with E-state index in [1.165, 1.54) is 0 Å². The van der Waals surface area contributed by atoms with E-state index in [1.807, 2.05) is 37.3 Å². The molecule has 2 rings (SSSR count). The summed E-state index contributed by atoms with van der Waals surface area (Å²) in [5.41, 5.74) is 1.14. The largest absolute Gasteiger partial charge is 0.350 e. The number of benzene rings is 1. The number of nitrogens with zero attached hydrogens (tertiary/aromatic N) is 1. The van der Waals surface area contributed by atoms with E-state index in [1.54, 1.807) is 0 Å². The Bertz CT molecular complexity index is 678. The van der Waals surface area contributed by atoms with Gasteiger partial charge in [-0.1, -0.05) is 36.3 Å². The molecule has 1 aromatic carbocycles. The zero-order chi connectivity index (χ0) is 16.7. The molecule has 0 aliphatic carbocycles. The van der Waals surface area contributed by atoms with Crippen LogP contribution in [-0.4, -0.2) is 39.0 Å². The summed E-state index contributed by atoms with van der Waals surface area (Å²) in [5.74, 6) is 3.73. The summed E-state index contributed by atoms with van der Waals surface area (Å²) >= 11 is 0. The Balaban J connectivity index is 1.99. The van der Waals surface area contributed by atoms with Crippen LogP contribution in [0.5, 0.6) is 0 Å². The van der Waals surface area contributed by atoms with Crippen molar-refractivity contribution in [3.05, 3.63) is 35.9 Å². The molecule has 124 valence electrons. The van der Waals surface area contributed by atoms with Gasteiger partial charge in [0.1, 0.15) is 0 Å². The molecule has 0 aromatic heterocycles. The molecule has 6 heteroatoms. The summed E-state index contributed by atoms with van der Waals surface area (Å²) < 4.78 is 23.0. The Labute approximate surface area is 138 Å². The minimum atomic E-state index is -2.87. The van der Waals surface area contributed by atoms with Crippen LogP contribution < -0.4 is 10.6 Å². The fraction of sp³-hybridized carbons (Fsp3) is 0.471. The third-order valence-electron chi connectivity index (χ3n) is 3.85. The van der Waals surface area contributed by atoms with E-state index in [0.29, 0.717) is 25.5 Å². The van der Waals surface area contributed by atoms with Crippen molar-refractivity contribution in [3.8, 4) is 12.3 Å². The maximum atomic E-state index is 11.5. The molecule has 0 saturated carbocycles. The summed E-state index contributed by atoms with van der Waals surface area (Å²) in [4.78, 5) is 4.51. The first kappa shape index (κ1) is 17.4. The van der Waals surface area contributed by atoms with Crippen molar-refractivity contribution in [2.24, 2.45) is 10.9 Å². The molecular weight excluding hydrogens is 310 g/mol. The zero-order valence-electron chi connectivity index (χ0n) is 13.3. The van der Waals surface area contributed by atoms with E-state index >= 15 is 0 Å². The summed E-state index contributed by atoms with van der Waals surface area (Å²) in [6, 6.07) is 10.1. The number of guanidine groups is 1. The fourth-order valence-corrected chi connectivity index (χ4v) is 4.40. The Kier molecular flexibility index (Phi) is 6.05. The van der Waals surface area contributed by atoms with Crippen molar-refractivity contribution in [1.29, 1.82) is 0 Å². The van der Waals surface area contributed by atoms with Gasteiger partial charge in [0.2, 0.25) is 0 Å². The lowest BCUT2D eigenvalue weighted by molar-refractivity contribution is 0.588. The lowest BCUT2D eigenvalue weighted by atomic mass is 10.1. The second-order valence-corrected chi connectivity index (χ2v) is 8.02. The molecule has 1 aliphatic rings. The van der Waals surface area contributed by atoms with Crippen LogP contribution in [0.15, 0.2) is 35.3 Å². The van der Waals surface area contributed by atoms with Crippen LogP contribution in [-0.2, 0) is 9.84 Å². The normalized spacial score (nSPS) is 21.4. The SMILES string of the molecule is C#CCNC(=NCC1CCS(=O)(=O)C1)NC(C)c1ccccc1. The van der Waals surface area contributed by atoms with Crippen LogP contribution in [0.1, 0.15) is 24.9 Å². The highest BCUT2D eigenvalue weighted by atomic mass is 32.2. The highest BCUT2D eigenvalue weighted by Gasteiger charge is 2.27. The Morgan fingerprint density at radius 1 is 1.43 bits per heavy atom. The highest BCUT2D eigenvalue weighted by molar-refractivity contribution is 7.91. The minimum absolute atomic E-state index is 0.0764. The number of aliphatic imine (C=N–C) groups is 1. The van der Waals surface area contributed by atoms with Crippen molar-refractivity contribution >= 4 is 15.8 Å². The van der Waals surface area contributed by atoms with Gasteiger partial charge in [-0.15, -0.1) is 6.42 Å². The van der Waals surface area contributed by atoms with Crippen molar-refractivity contribution in [3.63, 3.8) is 0 Å². The van der Waals surface area contributed by atoms with Crippen LogP contribution in [0.4, 0.5) is 0 Å². The van der Waals surface area contributed by atoms with Gasteiger partial charge in [-0.2, -0.15) is 0 Å². The average molecular weight is 333 g/mol. The number of hydrogen-bond donors (Lipinski definition) is 2. The minimum Gasteiger partial charge on any atom is -0.350 e. The predicted octanol–water partition coefficient (Wildman–Crippen LogP) is 1.35. The van der Waals surface area contributed by atoms with Crippen LogP contribution in [0, 0.1) is 18.3 Å². The number of terminal acetylenes is 1. The van der Waals surface area contributed by atoms with Crippen LogP contribution in [0.3, 0.4) is 0 Å². The molecular formula is C17H23N3O2S. The van der Waals surface area contributed by atoms with E-state index in [9.17, 15) is 8.42 Å². The van der Waals surface area contributed by atoms with E-state index in [0.717, 1.165) is 5.56 Å². The van der Waals surface area contributed by atoms with Gasteiger partial charge in [-0.25, -0.2) is 8.42 Å². The fourth-order valence-electron chi connectivity index (χ4n) is 2.55. The quantitative estimate of drug-likeness (QED) is 0.485. The van der Waals surface area contributed by atoms with Gasteiger partial charge >= 0.3 is 0 Å². The molecule has 2 atom stereocenters. The molecule has 0 spiro atoms. The molecule has 0 radical (unpaired) electrons. The molecule has 0 amide bonds.